The highest BCUT2D eigenvalue weighted by Gasteiger charge is 2.56. The Labute approximate surface area is 182 Å². The van der Waals surface area contributed by atoms with Crippen molar-refractivity contribution in [2.24, 2.45) is 5.92 Å². The van der Waals surface area contributed by atoms with Crippen LogP contribution in [0.1, 0.15) is 23.1 Å². The zero-order valence-electron chi connectivity index (χ0n) is 16.1. The zero-order valence-corrected chi connectivity index (χ0v) is 17.6. The maximum absolute atomic E-state index is 9.94. The molecule has 0 heterocycles. The van der Waals surface area contributed by atoms with E-state index in [4.69, 9.17) is 23.2 Å². The lowest BCUT2D eigenvalue weighted by Crippen LogP contribution is -2.27. The van der Waals surface area contributed by atoms with Gasteiger partial charge in [-0.3, -0.25) is 4.90 Å². The topological polar surface area (TPSA) is 27.0 Å². The Hall–Kier alpha value is -2.31. The van der Waals surface area contributed by atoms with Gasteiger partial charge in [0.1, 0.15) is 0 Å². The van der Waals surface area contributed by atoms with Gasteiger partial charge in [-0.2, -0.15) is 5.26 Å². The zero-order chi connectivity index (χ0) is 20.3. The quantitative estimate of drug-likeness (QED) is 0.437. The Balaban J connectivity index is 1.53. The van der Waals surface area contributed by atoms with E-state index in [2.05, 4.69) is 47.4 Å². The van der Waals surface area contributed by atoms with Crippen molar-refractivity contribution in [1.29, 1.82) is 5.26 Å². The second kappa shape index (κ2) is 8.59. The molecule has 0 spiro atoms. The lowest BCUT2D eigenvalue weighted by atomic mass is 9.94. The van der Waals surface area contributed by atoms with Crippen LogP contribution >= 0.6 is 23.2 Å². The van der Waals surface area contributed by atoms with Crippen LogP contribution in [0.2, 0.25) is 10.0 Å². The van der Waals surface area contributed by atoms with Crippen molar-refractivity contribution in [1.82, 2.24) is 4.90 Å². The average molecular weight is 421 g/mol. The van der Waals surface area contributed by atoms with Crippen LogP contribution in [0.3, 0.4) is 0 Å². The summed E-state index contributed by atoms with van der Waals surface area (Å²) in [4.78, 5) is 2.42. The van der Waals surface area contributed by atoms with Crippen molar-refractivity contribution < 1.29 is 0 Å². The Morgan fingerprint density at radius 1 is 0.828 bits per heavy atom. The number of benzene rings is 3. The van der Waals surface area contributed by atoms with Crippen molar-refractivity contribution >= 4 is 23.2 Å². The van der Waals surface area contributed by atoms with E-state index in [1.165, 1.54) is 11.1 Å². The van der Waals surface area contributed by atoms with Crippen molar-refractivity contribution in [3.63, 3.8) is 0 Å². The first-order chi connectivity index (χ1) is 14.1. The second-order valence-corrected chi connectivity index (χ2v) is 8.65. The van der Waals surface area contributed by atoms with Crippen LogP contribution in [0.15, 0.2) is 78.9 Å². The maximum atomic E-state index is 9.94. The standard InChI is InChI=1S/C25H22Cl2N2/c26-23-10-6-19(7-11-23)15-29(16-20-8-12-24(27)13-9-20)17-22-14-25(22,18-28)21-4-2-1-3-5-21/h1-13,22H,14-17H2/t22-,25-/m0/s1. The summed E-state index contributed by atoms with van der Waals surface area (Å²) < 4.78 is 0. The predicted octanol–water partition coefficient (Wildman–Crippen LogP) is 6.48. The van der Waals surface area contributed by atoms with Gasteiger partial charge in [0.2, 0.25) is 0 Å². The molecule has 4 rings (SSSR count). The number of nitriles is 1. The van der Waals surface area contributed by atoms with Crippen LogP contribution in [-0.4, -0.2) is 11.4 Å². The number of rotatable bonds is 7. The van der Waals surface area contributed by atoms with Gasteiger partial charge in [0, 0.05) is 29.7 Å². The summed E-state index contributed by atoms with van der Waals surface area (Å²) in [5.74, 6) is 0.328. The lowest BCUT2D eigenvalue weighted by Gasteiger charge is -2.24. The molecule has 1 aliphatic rings. The number of hydrogen-bond acceptors (Lipinski definition) is 2. The third kappa shape index (κ3) is 4.65. The summed E-state index contributed by atoms with van der Waals surface area (Å²) in [6.07, 6.45) is 0.908. The molecule has 3 aromatic rings. The van der Waals surface area contributed by atoms with Crippen molar-refractivity contribution in [3.8, 4) is 6.07 Å². The molecule has 0 saturated heterocycles. The van der Waals surface area contributed by atoms with Crippen molar-refractivity contribution in [2.45, 2.75) is 24.9 Å². The fourth-order valence-corrected chi connectivity index (χ4v) is 4.29. The molecule has 0 N–H and O–H groups in total. The van der Waals surface area contributed by atoms with Crippen molar-refractivity contribution in [2.75, 3.05) is 6.54 Å². The minimum atomic E-state index is -0.362. The molecular formula is C25H22Cl2N2. The van der Waals surface area contributed by atoms with Crippen LogP contribution in [0.25, 0.3) is 0 Å². The summed E-state index contributed by atoms with van der Waals surface area (Å²) in [5, 5.41) is 11.4. The van der Waals surface area contributed by atoms with Gasteiger partial charge < -0.3 is 0 Å². The smallest absolute Gasteiger partial charge is 0.0867 e. The normalized spacial score (nSPS) is 20.4. The van der Waals surface area contributed by atoms with Crippen LogP contribution in [0.5, 0.6) is 0 Å². The molecule has 3 aromatic carbocycles. The van der Waals surface area contributed by atoms with E-state index in [0.29, 0.717) is 5.92 Å². The van der Waals surface area contributed by atoms with Gasteiger partial charge in [-0.25, -0.2) is 0 Å². The van der Waals surface area contributed by atoms with E-state index in [9.17, 15) is 5.26 Å². The highest BCUT2D eigenvalue weighted by Crippen LogP contribution is 2.54. The molecule has 2 nitrogen and oxygen atoms in total. The molecule has 1 saturated carbocycles. The van der Waals surface area contributed by atoms with Gasteiger partial charge in [0.05, 0.1) is 11.5 Å². The third-order valence-electron chi connectivity index (χ3n) is 5.71. The molecule has 146 valence electrons. The van der Waals surface area contributed by atoms with Crippen LogP contribution < -0.4 is 0 Å². The van der Waals surface area contributed by atoms with E-state index < -0.39 is 0 Å². The fraction of sp³-hybridized carbons (Fsp3) is 0.240. The Morgan fingerprint density at radius 2 is 1.34 bits per heavy atom. The number of hydrogen-bond donors (Lipinski definition) is 0. The first-order valence-corrected chi connectivity index (χ1v) is 10.5. The summed E-state index contributed by atoms with van der Waals surface area (Å²) in [5.41, 5.74) is 3.20. The second-order valence-electron chi connectivity index (χ2n) is 7.77. The Morgan fingerprint density at radius 3 is 1.83 bits per heavy atom. The third-order valence-corrected chi connectivity index (χ3v) is 6.22. The number of nitrogens with zero attached hydrogens (tertiary/aromatic N) is 2. The van der Waals surface area contributed by atoms with Gasteiger partial charge in [-0.05, 0) is 53.3 Å². The minimum Gasteiger partial charge on any atom is -0.294 e. The number of halogens is 2. The highest BCUT2D eigenvalue weighted by atomic mass is 35.5. The van der Waals surface area contributed by atoms with Crippen LogP contribution in [-0.2, 0) is 18.5 Å². The van der Waals surface area contributed by atoms with E-state index in [1.807, 2.05) is 42.5 Å². The van der Waals surface area contributed by atoms with Crippen molar-refractivity contribution in [3.05, 3.63) is 106 Å². The molecule has 29 heavy (non-hydrogen) atoms. The predicted molar refractivity (Wildman–Crippen MR) is 119 cm³/mol. The molecule has 1 fully saturated rings. The Kier molecular flexibility index (Phi) is 5.92. The van der Waals surface area contributed by atoms with Gasteiger partial charge in [0.25, 0.3) is 0 Å². The molecule has 2 atom stereocenters. The molecule has 1 aliphatic carbocycles. The summed E-state index contributed by atoms with van der Waals surface area (Å²) in [7, 11) is 0. The SMILES string of the molecule is N#C[C@]1(c2ccccc2)C[C@H]1CN(Cc1ccc(Cl)cc1)Cc1ccc(Cl)cc1. The minimum absolute atomic E-state index is 0.328. The van der Waals surface area contributed by atoms with Gasteiger partial charge >= 0.3 is 0 Å². The largest absolute Gasteiger partial charge is 0.294 e. The first kappa shape index (κ1) is 20.0. The summed E-state index contributed by atoms with van der Waals surface area (Å²) in [6, 6.07) is 28.8. The highest BCUT2D eigenvalue weighted by molar-refractivity contribution is 6.30. The Bertz CT molecular complexity index is 946. The molecular weight excluding hydrogens is 399 g/mol. The molecule has 0 radical (unpaired) electrons. The van der Waals surface area contributed by atoms with Crippen LogP contribution in [0.4, 0.5) is 0 Å². The van der Waals surface area contributed by atoms with Gasteiger partial charge in [-0.1, -0.05) is 77.8 Å². The van der Waals surface area contributed by atoms with Gasteiger partial charge in [-0.15, -0.1) is 0 Å². The molecule has 4 heteroatoms. The molecule has 0 bridgehead atoms. The van der Waals surface area contributed by atoms with E-state index in [-0.39, 0.29) is 5.41 Å². The van der Waals surface area contributed by atoms with Gasteiger partial charge in [0.15, 0.2) is 0 Å². The van der Waals surface area contributed by atoms with E-state index in [1.54, 1.807) is 0 Å². The fourth-order valence-electron chi connectivity index (χ4n) is 4.03. The van der Waals surface area contributed by atoms with Crippen LogP contribution in [0, 0.1) is 17.2 Å². The first-order valence-electron chi connectivity index (χ1n) is 9.77. The maximum Gasteiger partial charge on any atom is 0.0867 e. The molecule has 0 aromatic heterocycles. The monoisotopic (exact) mass is 420 g/mol. The lowest BCUT2D eigenvalue weighted by molar-refractivity contribution is 0.241. The average Bonchev–Trinajstić information content (AvgIpc) is 3.46. The molecule has 0 unspecified atom stereocenters. The summed E-state index contributed by atoms with van der Waals surface area (Å²) in [6.45, 7) is 2.49. The molecule has 0 aliphatic heterocycles. The van der Waals surface area contributed by atoms with E-state index >= 15 is 0 Å². The summed E-state index contributed by atoms with van der Waals surface area (Å²) >= 11 is 12.1. The molecule has 0 amide bonds. The van der Waals surface area contributed by atoms with E-state index in [0.717, 1.165) is 41.7 Å².